The van der Waals surface area contributed by atoms with Gasteiger partial charge in [0, 0.05) is 35.2 Å². The van der Waals surface area contributed by atoms with Crippen LogP contribution in [0.25, 0.3) is 22.5 Å². The van der Waals surface area contributed by atoms with Gasteiger partial charge in [0.1, 0.15) is 6.04 Å². The monoisotopic (exact) mass is 820 g/mol. The Kier molecular flexibility index (Phi) is 13.1. The molecule has 3 aromatic carbocycles. The second kappa shape index (κ2) is 18.1. The first kappa shape index (κ1) is 42.9. The molecule has 1 atom stereocenters. The zero-order valence-corrected chi connectivity index (χ0v) is 32.7. The average Bonchev–Trinajstić information content (AvgIpc) is 3.73. The van der Waals surface area contributed by atoms with Gasteiger partial charge in [0.2, 0.25) is 17.6 Å². The lowest BCUT2D eigenvalue weighted by atomic mass is 9.81. The molecular weight excluding hydrogens is 773 g/mol. The molecule has 1 aliphatic heterocycles. The summed E-state index contributed by atoms with van der Waals surface area (Å²) in [7, 11) is 2.07. The number of hydrogen-bond donors (Lipinski definition) is 6. The number of H-pyrrole nitrogens is 1. The minimum atomic E-state index is -5.44. The Bertz CT molecular complexity index is 2130. The van der Waals surface area contributed by atoms with Crippen molar-refractivity contribution in [1.82, 2.24) is 30.7 Å². The number of rotatable bonds is 14. The molecule has 0 spiro atoms. The van der Waals surface area contributed by atoms with Gasteiger partial charge < -0.3 is 31.7 Å². The number of carbonyl (C=O) groups is 4. The van der Waals surface area contributed by atoms with Gasteiger partial charge >= 0.3 is 17.8 Å². The maximum absolute atomic E-state index is 14.3. The topological polar surface area (TPSA) is 195 Å². The molecule has 0 radical (unpaired) electrons. The van der Waals surface area contributed by atoms with Crippen LogP contribution in [-0.4, -0.2) is 93.6 Å². The number of piperidine rings is 1. The summed E-state index contributed by atoms with van der Waals surface area (Å²) in [5.74, 6) is -16.4. The number of aliphatic carboxylic acids is 1. The minimum Gasteiger partial charge on any atom is -0.477 e. The molecule has 1 saturated carbocycles. The Hall–Kier alpha value is -5.68. The Morgan fingerprint density at radius 3 is 2.17 bits per heavy atom. The fourth-order valence-corrected chi connectivity index (χ4v) is 7.51. The van der Waals surface area contributed by atoms with Crippen LogP contribution < -0.4 is 21.7 Å². The van der Waals surface area contributed by atoms with Crippen molar-refractivity contribution in [3.63, 3.8) is 0 Å². The lowest BCUT2D eigenvalue weighted by Gasteiger charge is -2.29. The predicted molar refractivity (Wildman–Crippen MR) is 212 cm³/mol. The lowest BCUT2D eigenvalue weighted by molar-refractivity contribution is -0.231. The quantitative estimate of drug-likeness (QED) is 0.0889. The number of carboxylic acids is 1. The molecular formula is C42H48F4N8O5. The number of alkyl halides is 4. The fourth-order valence-electron chi connectivity index (χ4n) is 7.51. The maximum atomic E-state index is 14.3. The van der Waals surface area contributed by atoms with Crippen molar-refractivity contribution in [1.29, 1.82) is 0 Å². The number of carbonyl (C=O) groups excluding carboxylic acids is 3. The molecule has 7 N–H and O–H groups in total. The number of halogens is 4. The van der Waals surface area contributed by atoms with Gasteiger partial charge in [-0.15, -0.1) is 0 Å². The van der Waals surface area contributed by atoms with Crippen LogP contribution in [0, 0.1) is 18.8 Å². The Balaban J connectivity index is 1.14. The molecule has 1 aliphatic carbocycles. The van der Waals surface area contributed by atoms with E-state index in [1.807, 2.05) is 49.4 Å². The number of aromatic amines is 1. The first-order chi connectivity index (χ1) is 28.0. The van der Waals surface area contributed by atoms with E-state index < -0.39 is 41.4 Å². The number of hydrogen-bond acceptors (Lipinski definition) is 8. The summed E-state index contributed by atoms with van der Waals surface area (Å²) in [6.45, 7) is 4.39. The third kappa shape index (κ3) is 9.96. The van der Waals surface area contributed by atoms with Crippen LogP contribution in [0.4, 0.5) is 23.2 Å². The van der Waals surface area contributed by atoms with E-state index in [0.717, 1.165) is 61.0 Å². The Labute approximate surface area is 338 Å². The molecule has 0 bridgehead atoms. The fraction of sp³-hybridized carbons (Fsp3) is 0.429. The summed E-state index contributed by atoms with van der Waals surface area (Å²) in [5.41, 5.74) is 10.4. The van der Waals surface area contributed by atoms with Crippen molar-refractivity contribution in [3.8, 4) is 22.5 Å². The summed E-state index contributed by atoms with van der Waals surface area (Å²) in [6.07, 6.45) is 4.90. The molecule has 3 amide bonds. The van der Waals surface area contributed by atoms with Gasteiger partial charge in [0.05, 0.1) is 0 Å². The molecule has 1 unspecified atom stereocenters. The second-order valence-corrected chi connectivity index (χ2v) is 15.5. The molecule has 1 aromatic heterocycles. The highest BCUT2D eigenvalue weighted by molar-refractivity contribution is 5.98. The summed E-state index contributed by atoms with van der Waals surface area (Å²) in [5, 5.41) is 22.7. The van der Waals surface area contributed by atoms with Crippen molar-refractivity contribution in [2.45, 2.75) is 75.8 Å². The zero-order chi connectivity index (χ0) is 42.5. The van der Waals surface area contributed by atoms with E-state index in [4.69, 9.17) is 10.8 Å². The summed E-state index contributed by atoms with van der Waals surface area (Å²) < 4.78 is 55.9. The van der Waals surface area contributed by atoms with Crippen molar-refractivity contribution in [2.24, 2.45) is 17.6 Å². The molecule has 314 valence electrons. The molecule has 59 heavy (non-hydrogen) atoms. The van der Waals surface area contributed by atoms with Crippen molar-refractivity contribution in [2.75, 3.05) is 32.0 Å². The molecule has 13 nitrogen and oxygen atoms in total. The molecule has 1 saturated heterocycles. The highest BCUT2D eigenvalue weighted by Gasteiger charge is 2.65. The maximum Gasteiger partial charge on any atom is 0.411 e. The van der Waals surface area contributed by atoms with Gasteiger partial charge in [-0.3, -0.25) is 19.5 Å². The van der Waals surface area contributed by atoms with E-state index in [9.17, 15) is 36.7 Å². The number of likely N-dealkylation sites (tertiary alicyclic amines) is 1. The van der Waals surface area contributed by atoms with E-state index >= 15 is 0 Å². The minimum absolute atomic E-state index is 0.0976. The summed E-state index contributed by atoms with van der Waals surface area (Å²) in [4.78, 5) is 56.7. The lowest BCUT2D eigenvalue weighted by Crippen LogP contribution is -2.48. The molecule has 2 heterocycles. The SMILES string of the molecule is Cc1cc(C(=O)NC2CCN(C)CC2)ccc1-c1ccc(CC(NC(=O)C2CCC(CN)CC2)C(=O)Nc2ccc(-c3n[nH]c(C(F)(F)C(F)(F)C(=O)O)n3)cc2)cc1. The van der Waals surface area contributed by atoms with E-state index in [1.54, 1.807) is 5.10 Å². The predicted octanol–water partition coefficient (Wildman–Crippen LogP) is 5.51. The van der Waals surface area contributed by atoms with Gasteiger partial charge in [-0.1, -0.05) is 30.3 Å². The van der Waals surface area contributed by atoms with Crippen LogP contribution in [-0.2, 0) is 26.7 Å². The Morgan fingerprint density at radius 2 is 1.56 bits per heavy atom. The number of carboxylic acid groups (broad SMARTS) is 1. The number of aromatic nitrogens is 3. The van der Waals surface area contributed by atoms with E-state index in [-0.39, 0.29) is 41.4 Å². The number of nitrogens with two attached hydrogens (primary N) is 1. The third-order valence-electron chi connectivity index (χ3n) is 11.3. The molecule has 6 rings (SSSR count). The van der Waals surface area contributed by atoms with Crippen LogP contribution in [0.2, 0.25) is 0 Å². The van der Waals surface area contributed by atoms with E-state index in [1.165, 1.54) is 24.3 Å². The second-order valence-electron chi connectivity index (χ2n) is 15.5. The van der Waals surface area contributed by atoms with Crippen molar-refractivity contribution in [3.05, 3.63) is 89.2 Å². The largest absolute Gasteiger partial charge is 0.477 e. The molecule has 2 fully saturated rings. The van der Waals surface area contributed by atoms with Gasteiger partial charge in [0.25, 0.3) is 5.91 Å². The number of aryl methyl sites for hydroxylation is 1. The van der Waals surface area contributed by atoms with Gasteiger partial charge in [0.15, 0.2) is 5.82 Å². The number of nitrogens with one attached hydrogen (secondary N) is 4. The highest BCUT2D eigenvalue weighted by atomic mass is 19.3. The zero-order valence-electron chi connectivity index (χ0n) is 32.7. The van der Waals surface area contributed by atoms with Crippen LogP contribution in [0.3, 0.4) is 0 Å². The Morgan fingerprint density at radius 1 is 0.915 bits per heavy atom. The van der Waals surface area contributed by atoms with Crippen LogP contribution in [0.1, 0.15) is 65.8 Å². The van der Waals surface area contributed by atoms with Crippen LogP contribution in [0.15, 0.2) is 66.7 Å². The third-order valence-corrected chi connectivity index (χ3v) is 11.3. The van der Waals surface area contributed by atoms with Crippen molar-refractivity contribution < 1.29 is 41.8 Å². The number of nitrogens with zero attached hydrogens (tertiary/aromatic N) is 3. The number of anilines is 1. The van der Waals surface area contributed by atoms with Crippen LogP contribution >= 0.6 is 0 Å². The highest BCUT2D eigenvalue weighted by Crippen LogP contribution is 2.42. The van der Waals surface area contributed by atoms with Gasteiger partial charge in [-0.25, -0.2) is 9.78 Å². The molecule has 4 aromatic rings. The summed E-state index contributed by atoms with van der Waals surface area (Å²) >= 11 is 0. The molecule has 2 aliphatic rings. The first-order valence-corrected chi connectivity index (χ1v) is 19.6. The smallest absolute Gasteiger partial charge is 0.411 e. The number of benzene rings is 3. The van der Waals surface area contributed by atoms with Gasteiger partial charge in [-0.05, 0) is 137 Å². The normalized spacial score (nSPS) is 18.5. The average molecular weight is 821 g/mol. The standard InChI is InChI=1S/C42H48F4N8O5/c1-24-21-30(37(56)48-32-17-19-54(2)20-18-32)13-16-33(24)27-7-3-25(4-8-27)22-34(50-36(55)29-9-5-26(23-47)6-10-29)38(57)49-31-14-11-28(12-15-31)35-51-39(53-52-35)41(43,44)42(45,46)40(58)59/h3-4,7-8,11-16,21,26,29,32,34H,5-6,9-10,17-20,22-23,47H2,1-2H3,(H,48,56)(H,49,57)(H,50,55)(H,58,59)(H,51,52,53). The number of amides is 3. The summed E-state index contributed by atoms with van der Waals surface area (Å²) in [6, 6.07) is 17.9. The van der Waals surface area contributed by atoms with E-state index in [0.29, 0.717) is 30.9 Å². The van der Waals surface area contributed by atoms with Crippen molar-refractivity contribution >= 4 is 29.4 Å². The van der Waals surface area contributed by atoms with E-state index in [2.05, 4.69) is 38.0 Å². The van der Waals surface area contributed by atoms with Crippen LogP contribution in [0.5, 0.6) is 0 Å². The first-order valence-electron chi connectivity index (χ1n) is 19.6. The van der Waals surface area contributed by atoms with Gasteiger partial charge in [-0.2, -0.15) is 22.7 Å². The molecule has 17 heteroatoms.